The van der Waals surface area contributed by atoms with Crippen LogP contribution in [0, 0.1) is 17.2 Å². The standard InChI is InChI=1S/C16H23N3O/c1-5-12(2)11-19(4)13(3)16(20)18-15-8-6-14(10-17)7-9-15/h6-9,12-13H,5,11H2,1-4H3,(H,18,20). The van der Waals surface area contributed by atoms with Crippen LogP contribution < -0.4 is 5.32 Å². The summed E-state index contributed by atoms with van der Waals surface area (Å²) in [4.78, 5) is 14.2. The molecule has 1 aromatic rings. The summed E-state index contributed by atoms with van der Waals surface area (Å²) in [6.07, 6.45) is 1.11. The van der Waals surface area contributed by atoms with E-state index in [-0.39, 0.29) is 11.9 Å². The SMILES string of the molecule is CCC(C)CN(C)C(C)C(=O)Nc1ccc(C#N)cc1. The molecule has 0 aliphatic carbocycles. The fraction of sp³-hybridized carbons (Fsp3) is 0.500. The minimum Gasteiger partial charge on any atom is -0.325 e. The molecule has 1 aromatic carbocycles. The fourth-order valence-corrected chi connectivity index (χ4v) is 1.85. The first-order valence-corrected chi connectivity index (χ1v) is 6.99. The summed E-state index contributed by atoms with van der Waals surface area (Å²) in [5, 5.41) is 11.6. The highest BCUT2D eigenvalue weighted by atomic mass is 16.2. The molecule has 0 spiro atoms. The Kier molecular flexibility index (Phi) is 6.20. The molecule has 2 unspecified atom stereocenters. The summed E-state index contributed by atoms with van der Waals surface area (Å²) < 4.78 is 0. The van der Waals surface area contributed by atoms with E-state index in [2.05, 4.69) is 30.1 Å². The van der Waals surface area contributed by atoms with Crippen molar-refractivity contribution in [3.8, 4) is 6.07 Å². The summed E-state index contributed by atoms with van der Waals surface area (Å²) in [5.74, 6) is 0.547. The van der Waals surface area contributed by atoms with Gasteiger partial charge in [-0.1, -0.05) is 20.3 Å². The number of nitriles is 1. The number of carbonyl (C=O) groups is 1. The quantitative estimate of drug-likeness (QED) is 0.867. The number of amides is 1. The third kappa shape index (κ3) is 4.67. The Morgan fingerprint density at radius 2 is 1.95 bits per heavy atom. The van der Waals surface area contributed by atoms with E-state index in [1.807, 2.05) is 14.0 Å². The van der Waals surface area contributed by atoms with Gasteiger partial charge in [-0.3, -0.25) is 9.69 Å². The van der Waals surface area contributed by atoms with Crippen LogP contribution in [0.1, 0.15) is 32.8 Å². The Hall–Kier alpha value is -1.86. The maximum absolute atomic E-state index is 12.2. The lowest BCUT2D eigenvalue weighted by Crippen LogP contribution is -2.41. The molecule has 0 radical (unpaired) electrons. The number of nitrogens with zero attached hydrogens (tertiary/aromatic N) is 2. The Balaban J connectivity index is 2.58. The van der Waals surface area contributed by atoms with E-state index in [0.717, 1.165) is 18.7 Å². The second-order valence-corrected chi connectivity index (χ2v) is 5.31. The van der Waals surface area contributed by atoms with Gasteiger partial charge in [-0.05, 0) is 44.2 Å². The van der Waals surface area contributed by atoms with Crippen LogP contribution >= 0.6 is 0 Å². The fourth-order valence-electron chi connectivity index (χ4n) is 1.85. The number of nitrogens with one attached hydrogen (secondary N) is 1. The van der Waals surface area contributed by atoms with E-state index >= 15 is 0 Å². The lowest BCUT2D eigenvalue weighted by Gasteiger charge is -2.26. The van der Waals surface area contributed by atoms with E-state index in [0.29, 0.717) is 11.5 Å². The molecule has 0 heterocycles. The predicted octanol–water partition coefficient (Wildman–Crippen LogP) is 2.86. The van der Waals surface area contributed by atoms with Gasteiger partial charge >= 0.3 is 0 Å². The largest absolute Gasteiger partial charge is 0.325 e. The van der Waals surface area contributed by atoms with Crippen LogP contribution in [0.4, 0.5) is 5.69 Å². The Morgan fingerprint density at radius 1 is 1.35 bits per heavy atom. The molecular formula is C16H23N3O. The van der Waals surface area contributed by atoms with Crippen LogP contribution in [-0.2, 0) is 4.79 Å². The van der Waals surface area contributed by atoms with Crippen molar-refractivity contribution in [1.82, 2.24) is 4.90 Å². The Bertz CT molecular complexity index is 475. The predicted molar refractivity (Wildman–Crippen MR) is 81.3 cm³/mol. The molecule has 1 rings (SSSR count). The van der Waals surface area contributed by atoms with E-state index in [4.69, 9.17) is 5.26 Å². The number of hydrogen-bond acceptors (Lipinski definition) is 3. The molecule has 0 bridgehead atoms. The molecule has 0 aliphatic heterocycles. The molecule has 1 amide bonds. The van der Waals surface area contributed by atoms with Crippen molar-refractivity contribution in [2.75, 3.05) is 18.9 Å². The normalized spacial score (nSPS) is 13.6. The number of carbonyl (C=O) groups excluding carboxylic acids is 1. The van der Waals surface area contributed by atoms with E-state index in [9.17, 15) is 4.79 Å². The van der Waals surface area contributed by atoms with Crippen LogP contribution in [-0.4, -0.2) is 30.4 Å². The highest BCUT2D eigenvalue weighted by Gasteiger charge is 2.19. The van der Waals surface area contributed by atoms with Crippen molar-refractivity contribution < 1.29 is 4.79 Å². The number of anilines is 1. The second kappa shape index (κ2) is 7.66. The second-order valence-electron chi connectivity index (χ2n) is 5.31. The van der Waals surface area contributed by atoms with Gasteiger partial charge < -0.3 is 5.32 Å². The smallest absolute Gasteiger partial charge is 0.241 e. The van der Waals surface area contributed by atoms with Gasteiger partial charge in [0.2, 0.25) is 5.91 Å². The number of likely N-dealkylation sites (N-methyl/N-ethyl adjacent to an activating group) is 1. The number of benzene rings is 1. The van der Waals surface area contributed by atoms with Crippen LogP contribution in [0.25, 0.3) is 0 Å². The van der Waals surface area contributed by atoms with E-state index in [1.54, 1.807) is 24.3 Å². The zero-order valence-corrected chi connectivity index (χ0v) is 12.7. The van der Waals surface area contributed by atoms with Gasteiger partial charge in [0.1, 0.15) is 0 Å². The van der Waals surface area contributed by atoms with Gasteiger partial charge in [0, 0.05) is 12.2 Å². The van der Waals surface area contributed by atoms with Gasteiger partial charge in [0.05, 0.1) is 17.7 Å². The van der Waals surface area contributed by atoms with Gasteiger partial charge in [0.15, 0.2) is 0 Å². The molecule has 4 heteroatoms. The summed E-state index contributed by atoms with van der Waals surface area (Å²) >= 11 is 0. The van der Waals surface area contributed by atoms with E-state index < -0.39 is 0 Å². The van der Waals surface area contributed by atoms with Crippen molar-refractivity contribution in [2.24, 2.45) is 5.92 Å². The van der Waals surface area contributed by atoms with E-state index in [1.165, 1.54) is 0 Å². The number of rotatable bonds is 6. The maximum Gasteiger partial charge on any atom is 0.241 e. The zero-order chi connectivity index (χ0) is 15.1. The Labute approximate surface area is 121 Å². The van der Waals surface area contributed by atoms with Crippen LogP contribution in [0.15, 0.2) is 24.3 Å². The molecule has 0 aliphatic rings. The first kappa shape index (κ1) is 16.2. The van der Waals surface area contributed by atoms with Crippen molar-refractivity contribution >= 4 is 11.6 Å². The third-order valence-corrected chi connectivity index (χ3v) is 3.62. The van der Waals surface area contributed by atoms with Crippen molar-refractivity contribution in [2.45, 2.75) is 33.2 Å². The highest BCUT2D eigenvalue weighted by molar-refractivity contribution is 5.94. The molecule has 2 atom stereocenters. The van der Waals surface area contributed by atoms with Crippen molar-refractivity contribution in [1.29, 1.82) is 5.26 Å². The molecule has 0 saturated carbocycles. The lowest BCUT2D eigenvalue weighted by molar-refractivity contribution is -0.120. The lowest BCUT2D eigenvalue weighted by atomic mass is 10.1. The highest BCUT2D eigenvalue weighted by Crippen LogP contribution is 2.11. The zero-order valence-electron chi connectivity index (χ0n) is 12.7. The average molecular weight is 273 g/mol. The maximum atomic E-state index is 12.2. The third-order valence-electron chi connectivity index (χ3n) is 3.62. The molecule has 0 aromatic heterocycles. The van der Waals surface area contributed by atoms with Gasteiger partial charge in [-0.15, -0.1) is 0 Å². The Morgan fingerprint density at radius 3 is 2.45 bits per heavy atom. The molecule has 108 valence electrons. The minimum atomic E-state index is -0.181. The topological polar surface area (TPSA) is 56.1 Å². The summed E-state index contributed by atoms with van der Waals surface area (Å²) in [6, 6.07) is 8.77. The molecule has 4 nitrogen and oxygen atoms in total. The first-order valence-electron chi connectivity index (χ1n) is 6.99. The minimum absolute atomic E-state index is 0.0273. The average Bonchev–Trinajstić information content (AvgIpc) is 2.46. The first-order chi connectivity index (χ1) is 9.47. The monoisotopic (exact) mass is 273 g/mol. The number of hydrogen-bond donors (Lipinski definition) is 1. The van der Waals surface area contributed by atoms with Crippen LogP contribution in [0.3, 0.4) is 0 Å². The summed E-state index contributed by atoms with van der Waals surface area (Å²) in [5.41, 5.74) is 1.31. The summed E-state index contributed by atoms with van der Waals surface area (Å²) in [7, 11) is 1.97. The summed E-state index contributed by atoms with van der Waals surface area (Å²) in [6.45, 7) is 7.14. The molecule has 1 N–H and O–H groups in total. The molecule has 20 heavy (non-hydrogen) atoms. The molecule has 0 saturated heterocycles. The van der Waals surface area contributed by atoms with Gasteiger partial charge in [-0.25, -0.2) is 0 Å². The van der Waals surface area contributed by atoms with Crippen LogP contribution in [0.2, 0.25) is 0 Å². The van der Waals surface area contributed by atoms with Crippen LogP contribution in [0.5, 0.6) is 0 Å². The van der Waals surface area contributed by atoms with Crippen molar-refractivity contribution in [3.05, 3.63) is 29.8 Å². The van der Waals surface area contributed by atoms with Gasteiger partial charge in [-0.2, -0.15) is 5.26 Å². The van der Waals surface area contributed by atoms with Crippen molar-refractivity contribution in [3.63, 3.8) is 0 Å². The molecular weight excluding hydrogens is 250 g/mol. The molecule has 0 fully saturated rings. The van der Waals surface area contributed by atoms with Gasteiger partial charge in [0.25, 0.3) is 0 Å².